The fourth-order valence-corrected chi connectivity index (χ4v) is 0.918. The summed E-state index contributed by atoms with van der Waals surface area (Å²) >= 11 is 0. The quantitative estimate of drug-likeness (QED) is 0.305. The van der Waals surface area contributed by atoms with Crippen LogP contribution in [0, 0.1) is 0 Å². The lowest BCUT2D eigenvalue weighted by atomic mass is 10.2. The summed E-state index contributed by atoms with van der Waals surface area (Å²) in [5.41, 5.74) is 1.55. The molecule has 0 radical (unpaired) electrons. The maximum absolute atomic E-state index is 11.1. The highest BCUT2D eigenvalue weighted by Crippen LogP contribution is 2.06. The van der Waals surface area contributed by atoms with Crippen LogP contribution in [0.3, 0.4) is 0 Å². The van der Waals surface area contributed by atoms with E-state index in [0.29, 0.717) is 6.61 Å². The van der Waals surface area contributed by atoms with Crippen molar-refractivity contribution in [3.63, 3.8) is 0 Å². The highest BCUT2D eigenvalue weighted by Gasteiger charge is 2.15. The van der Waals surface area contributed by atoms with E-state index in [1.165, 1.54) is 0 Å². The van der Waals surface area contributed by atoms with Crippen LogP contribution in [0.4, 0.5) is 4.79 Å². The predicted octanol–water partition coefficient (Wildman–Crippen LogP) is -0.213. The molecule has 0 spiro atoms. The first-order chi connectivity index (χ1) is 8.81. The number of aliphatic hydroxyl groups excluding tert-OH is 1. The summed E-state index contributed by atoms with van der Waals surface area (Å²) in [7, 11) is 0. The lowest BCUT2D eigenvalue weighted by Crippen LogP contribution is -2.33. The van der Waals surface area contributed by atoms with Crippen LogP contribution in [-0.4, -0.2) is 61.2 Å². The van der Waals surface area contributed by atoms with Gasteiger partial charge in [0.15, 0.2) is 6.29 Å². The molecule has 8 nitrogen and oxygen atoms in total. The molecule has 8 heteroatoms. The highest BCUT2D eigenvalue weighted by molar-refractivity contribution is 5.66. The second kappa shape index (κ2) is 9.93. The molecule has 0 fully saturated rings. The topological polar surface area (TPSA) is 106 Å². The van der Waals surface area contributed by atoms with Crippen LogP contribution < -0.4 is 5.48 Å². The van der Waals surface area contributed by atoms with Crippen molar-refractivity contribution in [2.75, 3.05) is 33.0 Å². The van der Waals surface area contributed by atoms with Crippen LogP contribution in [0.2, 0.25) is 0 Å². The van der Waals surface area contributed by atoms with Gasteiger partial charge in [0, 0.05) is 0 Å². The third-order valence-corrected chi connectivity index (χ3v) is 1.52. The van der Waals surface area contributed by atoms with Crippen LogP contribution >= 0.6 is 0 Å². The van der Waals surface area contributed by atoms with E-state index in [1.54, 1.807) is 20.8 Å². The fraction of sp³-hybridized carbons (Fsp3) is 0.909. The van der Waals surface area contributed by atoms with Gasteiger partial charge in [0.2, 0.25) is 0 Å². The molecule has 1 amide bonds. The molecule has 0 aromatic carbocycles. The summed E-state index contributed by atoms with van der Waals surface area (Å²) < 4.78 is 14.9. The number of amides is 1. The molecule has 0 atom stereocenters. The standard InChI is InChI=1S/C11H23NO7/c1-11(2,3)19-10(15)12-18-7-6-16-4-5-17-8-9(13)14/h9,13-14H,4-8H2,1-3H3,(H,12,15). The summed E-state index contributed by atoms with van der Waals surface area (Å²) in [5.74, 6) is 0. The second-order valence-electron chi connectivity index (χ2n) is 4.62. The Hall–Kier alpha value is -0.930. The Bertz CT molecular complexity index is 240. The highest BCUT2D eigenvalue weighted by atomic mass is 16.7. The monoisotopic (exact) mass is 281 g/mol. The molecule has 0 unspecified atom stereocenters. The minimum Gasteiger partial charge on any atom is -0.442 e. The molecule has 0 bridgehead atoms. The fourth-order valence-electron chi connectivity index (χ4n) is 0.918. The Morgan fingerprint density at radius 3 is 2.26 bits per heavy atom. The largest absolute Gasteiger partial charge is 0.442 e. The van der Waals surface area contributed by atoms with Crippen LogP contribution in [0.1, 0.15) is 20.8 Å². The van der Waals surface area contributed by atoms with E-state index in [0.717, 1.165) is 0 Å². The van der Waals surface area contributed by atoms with E-state index in [2.05, 4.69) is 5.48 Å². The van der Waals surface area contributed by atoms with Crippen molar-refractivity contribution in [1.29, 1.82) is 0 Å². The number of hydrogen-bond donors (Lipinski definition) is 3. The van der Waals surface area contributed by atoms with Gasteiger partial charge in [-0.15, -0.1) is 0 Å². The van der Waals surface area contributed by atoms with Gasteiger partial charge in [-0.1, -0.05) is 0 Å². The number of hydroxylamine groups is 1. The third-order valence-electron chi connectivity index (χ3n) is 1.52. The zero-order chi connectivity index (χ0) is 14.7. The lowest BCUT2D eigenvalue weighted by molar-refractivity contribution is -0.102. The Kier molecular flexibility index (Phi) is 9.44. The average molecular weight is 281 g/mol. The van der Waals surface area contributed by atoms with Crippen molar-refractivity contribution in [2.24, 2.45) is 0 Å². The van der Waals surface area contributed by atoms with Gasteiger partial charge in [-0.2, -0.15) is 5.48 Å². The number of rotatable bonds is 9. The first-order valence-electron chi connectivity index (χ1n) is 5.93. The van der Waals surface area contributed by atoms with Crippen molar-refractivity contribution in [3.8, 4) is 0 Å². The van der Waals surface area contributed by atoms with Gasteiger partial charge in [-0.05, 0) is 20.8 Å². The summed E-state index contributed by atoms with van der Waals surface area (Å²) in [6, 6.07) is 0. The van der Waals surface area contributed by atoms with Crippen molar-refractivity contribution >= 4 is 6.09 Å². The minimum atomic E-state index is -1.47. The Morgan fingerprint density at radius 2 is 1.68 bits per heavy atom. The molecule has 0 aliphatic rings. The van der Waals surface area contributed by atoms with E-state index in [1.807, 2.05) is 0 Å². The van der Waals surface area contributed by atoms with Gasteiger partial charge in [-0.3, -0.25) is 4.84 Å². The van der Waals surface area contributed by atoms with Crippen molar-refractivity contribution in [2.45, 2.75) is 32.7 Å². The number of carbonyl (C=O) groups is 1. The number of carbonyl (C=O) groups excluding carboxylic acids is 1. The molecule has 0 rings (SSSR count). The molecule has 0 aromatic rings. The number of nitrogens with one attached hydrogen (secondary N) is 1. The normalized spacial score (nSPS) is 11.7. The zero-order valence-corrected chi connectivity index (χ0v) is 11.5. The van der Waals surface area contributed by atoms with Gasteiger partial charge in [0.05, 0.1) is 33.0 Å². The molecule has 19 heavy (non-hydrogen) atoms. The van der Waals surface area contributed by atoms with E-state index in [9.17, 15) is 4.79 Å². The van der Waals surface area contributed by atoms with Crippen LogP contribution in [-0.2, 0) is 19.0 Å². The molecule has 114 valence electrons. The van der Waals surface area contributed by atoms with Gasteiger partial charge in [-0.25, -0.2) is 4.79 Å². The smallest absolute Gasteiger partial charge is 0.431 e. The molecule has 0 aliphatic heterocycles. The van der Waals surface area contributed by atoms with Crippen LogP contribution in [0.25, 0.3) is 0 Å². The molecular weight excluding hydrogens is 258 g/mol. The van der Waals surface area contributed by atoms with E-state index in [4.69, 9.17) is 29.3 Å². The van der Waals surface area contributed by atoms with Gasteiger partial charge in [0.1, 0.15) is 5.60 Å². The van der Waals surface area contributed by atoms with Crippen molar-refractivity contribution in [1.82, 2.24) is 5.48 Å². The van der Waals surface area contributed by atoms with Gasteiger partial charge >= 0.3 is 6.09 Å². The summed E-state index contributed by atoms with van der Waals surface area (Å²) in [6.07, 6.45) is -2.13. The SMILES string of the molecule is CC(C)(C)OC(=O)NOCCOCCOCC(O)O. The maximum Gasteiger partial charge on any atom is 0.431 e. The third kappa shape index (κ3) is 15.0. The molecule has 0 aliphatic carbocycles. The first-order valence-corrected chi connectivity index (χ1v) is 5.93. The summed E-state index contributed by atoms with van der Waals surface area (Å²) in [6.45, 7) is 6.07. The molecule has 0 aromatic heterocycles. The zero-order valence-electron chi connectivity index (χ0n) is 11.5. The molecule has 0 saturated heterocycles. The summed E-state index contributed by atoms with van der Waals surface area (Å²) in [4.78, 5) is 15.9. The summed E-state index contributed by atoms with van der Waals surface area (Å²) in [5, 5.41) is 17.0. The average Bonchev–Trinajstić information content (AvgIpc) is 2.24. The van der Waals surface area contributed by atoms with Gasteiger partial charge < -0.3 is 24.4 Å². The van der Waals surface area contributed by atoms with Gasteiger partial charge in [0.25, 0.3) is 0 Å². The lowest BCUT2D eigenvalue weighted by Gasteiger charge is -2.19. The predicted molar refractivity (Wildman–Crippen MR) is 65.2 cm³/mol. The van der Waals surface area contributed by atoms with Crippen LogP contribution in [0.15, 0.2) is 0 Å². The van der Waals surface area contributed by atoms with Crippen molar-refractivity contribution < 1.29 is 34.1 Å². The minimum absolute atomic E-state index is 0.153. The Morgan fingerprint density at radius 1 is 1.11 bits per heavy atom. The van der Waals surface area contributed by atoms with E-state index >= 15 is 0 Å². The molecular formula is C11H23NO7. The first kappa shape index (κ1) is 18.1. The molecule has 0 saturated carbocycles. The second-order valence-corrected chi connectivity index (χ2v) is 4.62. The number of hydrogen-bond acceptors (Lipinski definition) is 7. The van der Waals surface area contributed by atoms with E-state index in [-0.39, 0.29) is 26.4 Å². The molecule has 0 heterocycles. The Labute approximate surface area is 112 Å². The van der Waals surface area contributed by atoms with Crippen molar-refractivity contribution in [3.05, 3.63) is 0 Å². The van der Waals surface area contributed by atoms with E-state index < -0.39 is 18.0 Å². The van der Waals surface area contributed by atoms with Crippen LogP contribution in [0.5, 0.6) is 0 Å². The number of aliphatic hydroxyl groups is 2. The maximum atomic E-state index is 11.1. The molecule has 3 N–H and O–H groups in total. The Balaban J connectivity index is 3.25. The number of ether oxygens (including phenoxy) is 3.